The van der Waals surface area contributed by atoms with Crippen LogP contribution in [0.4, 0.5) is 39.5 Å². The van der Waals surface area contributed by atoms with Gasteiger partial charge < -0.3 is 18.7 Å². The summed E-state index contributed by atoms with van der Waals surface area (Å²) in [5.41, 5.74) is -2.45. The second kappa shape index (κ2) is 12.7. The molecule has 42 heavy (non-hydrogen) atoms. The van der Waals surface area contributed by atoms with Crippen LogP contribution in [0.5, 0.6) is 17.2 Å². The molecule has 0 saturated carbocycles. The first kappa shape index (κ1) is 32.9. The van der Waals surface area contributed by atoms with Crippen molar-refractivity contribution in [3.8, 4) is 17.2 Å². The van der Waals surface area contributed by atoms with Crippen molar-refractivity contribution in [3.63, 3.8) is 0 Å². The number of hydrogen-bond donors (Lipinski definition) is 0. The zero-order valence-electron chi connectivity index (χ0n) is 23.1. The van der Waals surface area contributed by atoms with E-state index < -0.39 is 88.2 Å². The van der Waals surface area contributed by atoms with Gasteiger partial charge in [0.05, 0.1) is 26.7 Å². The molecule has 228 valence electrons. The number of rotatable bonds is 12. The third kappa shape index (κ3) is 6.26. The fourth-order valence-electron chi connectivity index (χ4n) is 4.30. The molecule has 1 unspecified atom stereocenters. The predicted molar refractivity (Wildman–Crippen MR) is 133 cm³/mol. The van der Waals surface area contributed by atoms with E-state index in [1.54, 1.807) is 27.8 Å². The van der Waals surface area contributed by atoms with Gasteiger partial charge in [-0.25, -0.2) is 39.5 Å². The van der Waals surface area contributed by atoms with Crippen LogP contribution < -0.4 is 14.0 Å². The maximum absolute atomic E-state index is 15.6. The van der Waals surface area contributed by atoms with E-state index in [1.807, 2.05) is 0 Å². The van der Waals surface area contributed by atoms with Gasteiger partial charge in [0.25, 0.3) is 0 Å². The molecule has 0 aliphatic rings. The second-order valence-electron chi connectivity index (χ2n) is 9.35. The molecule has 0 aromatic heterocycles. The Morgan fingerprint density at radius 2 is 1.02 bits per heavy atom. The number of quaternary nitrogens is 1. The average Bonchev–Trinajstić information content (AvgIpc) is 2.92. The van der Waals surface area contributed by atoms with Crippen LogP contribution in [0.25, 0.3) is 0 Å². The Hall–Kier alpha value is -3.59. The van der Waals surface area contributed by atoms with Crippen molar-refractivity contribution < 1.29 is 62.7 Å². The second-order valence-corrected chi connectivity index (χ2v) is 9.35. The normalized spacial score (nSPS) is 13.1. The van der Waals surface area contributed by atoms with Gasteiger partial charge >= 0.3 is 7.32 Å². The predicted octanol–water partition coefficient (Wildman–Crippen LogP) is 7.16. The van der Waals surface area contributed by atoms with Crippen molar-refractivity contribution in [2.45, 2.75) is 33.4 Å². The summed E-state index contributed by atoms with van der Waals surface area (Å²) >= 11 is 0. The first-order valence-corrected chi connectivity index (χ1v) is 12.6. The molecule has 0 radical (unpaired) electrons. The average molecular weight is 610 g/mol. The molecule has 1 atom stereocenters. The molecule has 5 nitrogen and oxygen atoms in total. The molecule has 0 bridgehead atoms. The Morgan fingerprint density at radius 1 is 0.619 bits per heavy atom. The Kier molecular flexibility index (Phi) is 9.98. The van der Waals surface area contributed by atoms with E-state index in [9.17, 15) is 35.1 Å². The molecule has 0 N–H and O–H groups in total. The van der Waals surface area contributed by atoms with Crippen LogP contribution in [0.2, 0.25) is 0 Å². The van der Waals surface area contributed by atoms with Crippen molar-refractivity contribution in [3.05, 3.63) is 88.3 Å². The van der Waals surface area contributed by atoms with Gasteiger partial charge in [0.1, 0.15) is 22.8 Å². The first-order valence-electron chi connectivity index (χ1n) is 12.6. The van der Waals surface area contributed by atoms with E-state index in [4.69, 9.17) is 18.7 Å². The van der Waals surface area contributed by atoms with Crippen LogP contribution >= 0.6 is 0 Å². The lowest BCUT2D eigenvalue weighted by Gasteiger charge is -2.48. The van der Waals surface area contributed by atoms with Crippen molar-refractivity contribution in [2.24, 2.45) is 0 Å². The van der Waals surface area contributed by atoms with E-state index in [2.05, 4.69) is 0 Å². The highest BCUT2D eigenvalue weighted by Crippen LogP contribution is 2.43. The van der Waals surface area contributed by atoms with Gasteiger partial charge in [0.15, 0.2) is 52.4 Å². The standard InChI is InChI=1S/C27H26BF9NO4/c1-6-38(5,7-2)27(4,39-8-3)22-21(13-20(33)25(36)26(22)37)42-28(40-14-9-16(29)23(34)17(30)10-14)41-15-11-18(31)24(35)19(32)12-15/h9-13H,6-8H2,1-5H3/q+1. The van der Waals surface area contributed by atoms with Crippen LogP contribution in [0.3, 0.4) is 0 Å². The summed E-state index contributed by atoms with van der Waals surface area (Å²) in [6.45, 7) is 6.93. The number of ether oxygens (including phenoxy) is 1. The summed E-state index contributed by atoms with van der Waals surface area (Å²) < 4.78 is 149. The lowest BCUT2D eigenvalue weighted by molar-refractivity contribution is -0.988. The molecule has 0 saturated heterocycles. The molecule has 0 aliphatic carbocycles. The minimum atomic E-state index is -2.39. The van der Waals surface area contributed by atoms with Crippen molar-refractivity contribution in [1.29, 1.82) is 0 Å². The zero-order chi connectivity index (χ0) is 31.6. The number of nitrogens with zero attached hydrogens (tertiary/aromatic N) is 1. The summed E-state index contributed by atoms with van der Waals surface area (Å²) in [4.78, 5) is 0. The quantitative estimate of drug-likeness (QED) is 0.0718. The molecule has 3 aromatic rings. The molecule has 0 amide bonds. The van der Waals surface area contributed by atoms with E-state index in [0.29, 0.717) is 30.3 Å². The van der Waals surface area contributed by atoms with Gasteiger partial charge in [-0.3, -0.25) is 4.48 Å². The Labute approximate surface area is 236 Å². The largest absolute Gasteiger partial charge is 0.864 e. The van der Waals surface area contributed by atoms with Gasteiger partial charge in [-0.15, -0.1) is 0 Å². The van der Waals surface area contributed by atoms with Gasteiger partial charge in [-0.05, 0) is 20.8 Å². The van der Waals surface area contributed by atoms with E-state index >= 15 is 4.39 Å². The summed E-state index contributed by atoms with van der Waals surface area (Å²) in [5, 5.41) is 0. The number of hydrogen-bond acceptors (Lipinski definition) is 4. The van der Waals surface area contributed by atoms with Crippen LogP contribution in [-0.2, 0) is 10.5 Å². The minimum absolute atomic E-state index is 0.0408. The molecular formula is C27H26BF9NO4+. The molecule has 0 heterocycles. The highest BCUT2D eigenvalue weighted by molar-refractivity contribution is 6.39. The van der Waals surface area contributed by atoms with Crippen LogP contribution in [0.15, 0.2) is 30.3 Å². The van der Waals surface area contributed by atoms with E-state index in [0.717, 1.165) is 0 Å². The SMILES string of the molecule is CCOC(C)(c1c(OB(Oc2cc(F)c(F)c(F)c2)Oc2cc(F)c(F)c(F)c2)cc(F)c(F)c1F)[N+](C)(CC)CC. The highest BCUT2D eigenvalue weighted by atomic mass is 19.2. The van der Waals surface area contributed by atoms with Crippen LogP contribution in [-0.4, -0.2) is 38.5 Å². The van der Waals surface area contributed by atoms with Crippen LogP contribution in [0, 0.1) is 52.4 Å². The fourth-order valence-corrected chi connectivity index (χ4v) is 4.30. The molecule has 15 heteroatoms. The molecular weight excluding hydrogens is 584 g/mol. The minimum Gasteiger partial charge on any atom is -0.489 e. The fraction of sp³-hybridized carbons (Fsp3) is 0.333. The Bertz CT molecular complexity index is 1350. The van der Waals surface area contributed by atoms with Crippen LogP contribution in [0.1, 0.15) is 33.3 Å². The highest BCUT2D eigenvalue weighted by Gasteiger charge is 2.51. The molecule has 3 rings (SSSR count). The van der Waals surface area contributed by atoms with Gasteiger partial charge in [0, 0.05) is 37.3 Å². The Balaban J connectivity index is 2.23. The number of halogens is 9. The summed E-state index contributed by atoms with van der Waals surface area (Å²) in [6, 6.07) is 1.82. The third-order valence-electron chi connectivity index (χ3n) is 7.04. The number of benzene rings is 3. The van der Waals surface area contributed by atoms with Gasteiger partial charge in [-0.2, -0.15) is 0 Å². The Morgan fingerprint density at radius 3 is 1.40 bits per heavy atom. The van der Waals surface area contributed by atoms with E-state index in [-0.39, 0.29) is 24.2 Å². The smallest absolute Gasteiger partial charge is 0.489 e. The topological polar surface area (TPSA) is 36.9 Å². The van der Waals surface area contributed by atoms with Crippen molar-refractivity contribution >= 4 is 7.32 Å². The van der Waals surface area contributed by atoms with E-state index in [1.165, 1.54) is 6.92 Å². The molecule has 3 aromatic carbocycles. The zero-order valence-corrected chi connectivity index (χ0v) is 23.1. The first-order chi connectivity index (χ1) is 19.6. The monoisotopic (exact) mass is 610 g/mol. The van der Waals surface area contributed by atoms with Gasteiger partial charge in [-0.1, -0.05) is 0 Å². The summed E-state index contributed by atoms with van der Waals surface area (Å²) in [5.74, 6) is -18.3. The molecule has 0 aliphatic heterocycles. The summed E-state index contributed by atoms with van der Waals surface area (Å²) in [6.07, 6.45) is 0. The maximum Gasteiger partial charge on any atom is 0.864 e. The van der Waals surface area contributed by atoms with Crippen molar-refractivity contribution in [2.75, 3.05) is 26.7 Å². The third-order valence-corrected chi connectivity index (χ3v) is 7.04. The molecule has 0 spiro atoms. The lowest BCUT2D eigenvalue weighted by atomic mass is 9.96. The van der Waals surface area contributed by atoms with Crippen molar-refractivity contribution in [1.82, 2.24) is 0 Å². The summed E-state index contributed by atoms with van der Waals surface area (Å²) in [7, 11) is -0.756. The van der Waals surface area contributed by atoms with Gasteiger partial charge in [0.2, 0.25) is 5.72 Å². The lowest BCUT2D eigenvalue weighted by Crippen LogP contribution is -2.60. The molecule has 0 fully saturated rings. The maximum atomic E-state index is 15.6.